The molecule has 0 radical (unpaired) electrons. The lowest BCUT2D eigenvalue weighted by molar-refractivity contribution is 0.438. The lowest BCUT2D eigenvalue weighted by Crippen LogP contribution is -1.82. The van der Waals surface area contributed by atoms with Crippen LogP contribution in [0.25, 0.3) is 22.0 Å². The van der Waals surface area contributed by atoms with Crippen molar-refractivity contribution >= 4 is 10.8 Å². The molecule has 2 heterocycles. The third-order valence-corrected chi connectivity index (χ3v) is 2.88. The molecule has 3 heteroatoms. The summed E-state index contributed by atoms with van der Waals surface area (Å²) in [6.07, 6.45) is 3.81. The number of aryl methyl sites for hydroxylation is 1. The van der Waals surface area contributed by atoms with Crippen LogP contribution in [0.3, 0.4) is 0 Å². The lowest BCUT2D eigenvalue weighted by atomic mass is 10.1. The zero-order chi connectivity index (χ0) is 11.1. The van der Waals surface area contributed by atoms with E-state index in [2.05, 4.69) is 4.98 Å². The molecule has 3 rings (SSSR count). The number of nitrogens with one attached hydrogen (secondary N) is 1. The fourth-order valence-corrected chi connectivity index (χ4v) is 2.10. The minimum Gasteiger partial charge on any atom is -0.494 e. The third-order valence-electron chi connectivity index (χ3n) is 2.88. The number of aromatic nitrogens is 2. The topological polar surface area (TPSA) is 41.0 Å². The number of rotatable bonds is 1. The summed E-state index contributed by atoms with van der Waals surface area (Å²) in [4.78, 5) is 3.16. The Kier molecular flexibility index (Phi) is 1.80. The van der Waals surface area contributed by atoms with Crippen LogP contribution in [0.5, 0.6) is 5.88 Å². The maximum Gasteiger partial charge on any atom is 0.199 e. The average Bonchev–Trinajstić information content (AvgIpc) is 2.88. The van der Waals surface area contributed by atoms with Gasteiger partial charge in [-0.3, -0.25) is 0 Å². The van der Waals surface area contributed by atoms with Crippen molar-refractivity contribution < 1.29 is 5.11 Å². The van der Waals surface area contributed by atoms with Crippen molar-refractivity contribution in [1.82, 2.24) is 9.55 Å². The standard InChI is InChI=1S/C13H12N2O/c1-15-8-9-4-2-5-10(12(9)13(15)16)11-6-3-7-14-11/h2-8,14,16H,1H3. The quantitative estimate of drug-likeness (QED) is 0.639. The molecule has 1 aromatic carbocycles. The summed E-state index contributed by atoms with van der Waals surface area (Å²) >= 11 is 0. The monoisotopic (exact) mass is 212 g/mol. The fraction of sp³-hybridized carbons (Fsp3) is 0.0769. The Morgan fingerprint density at radius 3 is 2.81 bits per heavy atom. The van der Waals surface area contributed by atoms with Crippen molar-refractivity contribution in [2.24, 2.45) is 7.05 Å². The predicted octanol–water partition coefficient (Wildman–Crippen LogP) is 2.88. The fourth-order valence-electron chi connectivity index (χ4n) is 2.10. The Morgan fingerprint density at radius 2 is 2.06 bits per heavy atom. The molecule has 0 unspecified atom stereocenters. The van der Waals surface area contributed by atoms with Gasteiger partial charge in [0.2, 0.25) is 0 Å². The van der Waals surface area contributed by atoms with Crippen LogP contribution in [0.1, 0.15) is 0 Å². The summed E-state index contributed by atoms with van der Waals surface area (Å²) in [5.74, 6) is 0.306. The molecule has 0 bridgehead atoms. The molecule has 0 saturated carbocycles. The van der Waals surface area contributed by atoms with Crippen molar-refractivity contribution in [1.29, 1.82) is 0 Å². The number of hydrogen-bond acceptors (Lipinski definition) is 1. The minimum atomic E-state index is 0.306. The van der Waals surface area contributed by atoms with Gasteiger partial charge in [-0.25, -0.2) is 0 Å². The number of aromatic amines is 1. The van der Waals surface area contributed by atoms with E-state index < -0.39 is 0 Å². The van der Waals surface area contributed by atoms with E-state index in [1.165, 1.54) is 0 Å². The highest BCUT2D eigenvalue weighted by Gasteiger charge is 2.11. The molecule has 0 aliphatic rings. The zero-order valence-electron chi connectivity index (χ0n) is 8.94. The molecule has 0 aliphatic carbocycles. The van der Waals surface area contributed by atoms with E-state index in [0.717, 1.165) is 22.0 Å². The molecule has 80 valence electrons. The number of fused-ring (bicyclic) bond motifs is 1. The first-order valence-electron chi connectivity index (χ1n) is 5.18. The normalized spacial score (nSPS) is 11.1. The van der Waals surface area contributed by atoms with Crippen molar-refractivity contribution in [3.8, 4) is 17.1 Å². The van der Waals surface area contributed by atoms with Crippen molar-refractivity contribution in [3.63, 3.8) is 0 Å². The van der Waals surface area contributed by atoms with Crippen molar-refractivity contribution in [2.45, 2.75) is 0 Å². The highest BCUT2D eigenvalue weighted by Crippen LogP contribution is 2.34. The predicted molar refractivity (Wildman–Crippen MR) is 64.4 cm³/mol. The van der Waals surface area contributed by atoms with Gasteiger partial charge in [-0.2, -0.15) is 0 Å². The van der Waals surface area contributed by atoms with Crippen molar-refractivity contribution in [3.05, 3.63) is 42.7 Å². The molecular weight excluding hydrogens is 200 g/mol. The summed E-state index contributed by atoms with van der Waals surface area (Å²) in [7, 11) is 1.84. The van der Waals surface area contributed by atoms with Gasteiger partial charge in [0.1, 0.15) is 0 Å². The highest BCUT2D eigenvalue weighted by molar-refractivity contribution is 5.99. The smallest absolute Gasteiger partial charge is 0.199 e. The van der Waals surface area contributed by atoms with Gasteiger partial charge >= 0.3 is 0 Å². The maximum absolute atomic E-state index is 10.0. The van der Waals surface area contributed by atoms with Gasteiger partial charge in [0, 0.05) is 36.1 Å². The Hall–Kier alpha value is -2.16. The largest absolute Gasteiger partial charge is 0.494 e. The van der Waals surface area contributed by atoms with E-state index in [9.17, 15) is 5.11 Å². The van der Waals surface area contributed by atoms with Gasteiger partial charge in [-0.05, 0) is 12.1 Å². The van der Waals surface area contributed by atoms with Crippen LogP contribution in [-0.2, 0) is 7.05 Å². The first kappa shape index (κ1) is 9.09. The van der Waals surface area contributed by atoms with Gasteiger partial charge < -0.3 is 14.7 Å². The number of H-pyrrole nitrogens is 1. The first-order valence-corrected chi connectivity index (χ1v) is 5.18. The molecule has 16 heavy (non-hydrogen) atoms. The number of nitrogens with zero attached hydrogens (tertiary/aromatic N) is 1. The summed E-state index contributed by atoms with van der Waals surface area (Å²) in [5, 5.41) is 12.0. The number of aromatic hydroxyl groups is 1. The van der Waals surface area contributed by atoms with E-state index in [0.29, 0.717) is 5.88 Å². The van der Waals surface area contributed by atoms with E-state index >= 15 is 0 Å². The molecule has 3 nitrogen and oxygen atoms in total. The first-order chi connectivity index (χ1) is 7.77. The highest BCUT2D eigenvalue weighted by atomic mass is 16.3. The molecule has 0 aliphatic heterocycles. The van der Waals surface area contributed by atoms with E-state index in [1.54, 1.807) is 4.57 Å². The minimum absolute atomic E-state index is 0.306. The van der Waals surface area contributed by atoms with Gasteiger partial charge in [-0.15, -0.1) is 0 Å². The SMILES string of the molecule is Cn1cc2cccc(-c3ccc[nH]3)c2c1O. The Bertz CT molecular complexity index is 635. The Labute approximate surface area is 93.0 Å². The molecule has 0 saturated heterocycles. The Morgan fingerprint density at radius 1 is 1.19 bits per heavy atom. The molecule has 2 N–H and O–H groups in total. The van der Waals surface area contributed by atoms with Crippen LogP contribution in [-0.4, -0.2) is 14.7 Å². The van der Waals surface area contributed by atoms with E-state index in [1.807, 2.05) is 49.8 Å². The van der Waals surface area contributed by atoms with Crippen LogP contribution >= 0.6 is 0 Å². The van der Waals surface area contributed by atoms with Crippen LogP contribution in [0.2, 0.25) is 0 Å². The average molecular weight is 212 g/mol. The number of hydrogen-bond donors (Lipinski definition) is 2. The van der Waals surface area contributed by atoms with Gasteiger partial charge in [0.15, 0.2) is 5.88 Å². The number of benzene rings is 1. The Balaban J connectivity index is 2.41. The summed E-state index contributed by atoms with van der Waals surface area (Å²) < 4.78 is 1.73. The molecule has 0 spiro atoms. The molecule has 3 aromatic rings. The zero-order valence-corrected chi connectivity index (χ0v) is 8.94. The van der Waals surface area contributed by atoms with Crippen LogP contribution in [0, 0.1) is 0 Å². The molecule has 0 amide bonds. The van der Waals surface area contributed by atoms with Crippen LogP contribution < -0.4 is 0 Å². The summed E-state index contributed by atoms with van der Waals surface area (Å²) in [6, 6.07) is 9.96. The molecule has 0 atom stereocenters. The molecule has 0 fully saturated rings. The van der Waals surface area contributed by atoms with Crippen LogP contribution in [0.15, 0.2) is 42.7 Å². The second kappa shape index (κ2) is 3.17. The summed E-state index contributed by atoms with van der Waals surface area (Å²) in [5.41, 5.74) is 2.05. The molecule has 2 aromatic heterocycles. The van der Waals surface area contributed by atoms with E-state index in [-0.39, 0.29) is 0 Å². The maximum atomic E-state index is 10.0. The van der Waals surface area contributed by atoms with Gasteiger partial charge in [0.25, 0.3) is 0 Å². The third kappa shape index (κ3) is 1.15. The van der Waals surface area contributed by atoms with Crippen molar-refractivity contribution in [2.75, 3.05) is 0 Å². The second-order valence-corrected chi connectivity index (χ2v) is 3.92. The van der Waals surface area contributed by atoms with Crippen LogP contribution in [0.4, 0.5) is 0 Å². The summed E-state index contributed by atoms with van der Waals surface area (Å²) in [6.45, 7) is 0. The second-order valence-electron chi connectivity index (χ2n) is 3.92. The van der Waals surface area contributed by atoms with E-state index in [4.69, 9.17) is 0 Å². The van der Waals surface area contributed by atoms with Gasteiger partial charge in [0.05, 0.1) is 5.39 Å². The lowest BCUT2D eigenvalue weighted by Gasteiger charge is -2.01. The van der Waals surface area contributed by atoms with Gasteiger partial charge in [-0.1, -0.05) is 18.2 Å². The molecular formula is C13H12N2O.